The third-order valence-electron chi connectivity index (χ3n) is 3.91. The van der Waals surface area contributed by atoms with Gasteiger partial charge >= 0.3 is 0 Å². The Hall–Kier alpha value is -1.87. The van der Waals surface area contributed by atoms with E-state index >= 15 is 0 Å². The number of carbonyl (C=O) groups excluding carboxylic acids is 1. The molecule has 0 radical (unpaired) electrons. The van der Waals surface area contributed by atoms with Crippen LogP contribution < -0.4 is 0 Å². The predicted molar refractivity (Wildman–Crippen MR) is 93.3 cm³/mol. The van der Waals surface area contributed by atoms with Crippen molar-refractivity contribution in [2.75, 3.05) is 33.7 Å². The summed E-state index contributed by atoms with van der Waals surface area (Å²) in [5, 5.41) is 2.16. The molecule has 2 aromatic rings. The summed E-state index contributed by atoms with van der Waals surface area (Å²) in [5.41, 5.74) is 0.813. The molecule has 0 fully saturated rings. The summed E-state index contributed by atoms with van der Waals surface area (Å²) >= 11 is 0. The molecule has 1 amide bonds. The molecule has 0 atom stereocenters. The smallest absolute Gasteiger partial charge is 0.254 e. The van der Waals surface area contributed by atoms with Crippen molar-refractivity contribution < 1.29 is 4.79 Å². The van der Waals surface area contributed by atoms with Crippen molar-refractivity contribution in [3.05, 3.63) is 48.0 Å². The maximum Gasteiger partial charge on any atom is 0.254 e. The van der Waals surface area contributed by atoms with Crippen LogP contribution in [-0.2, 0) is 0 Å². The SMILES string of the molecule is CCCCN(CCN(C)C)C(=O)c1cccc2ccccc12. The summed E-state index contributed by atoms with van der Waals surface area (Å²) in [6.07, 6.45) is 2.14. The van der Waals surface area contributed by atoms with Gasteiger partial charge in [0.2, 0.25) is 0 Å². The number of amides is 1. The van der Waals surface area contributed by atoms with E-state index in [2.05, 4.69) is 24.0 Å². The number of unbranched alkanes of at least 4 members (excludes halogenated alkanes) is 1. The van der Waals surface area contributed by atoms with Crippen LogP contribution in [0.3, 0.4) is 0 Å². The van der Waals surface area contributed by atoms with Gasteiger partial charge in [-0.3, -0.25) is 4.79 Å². The van der Waals surface area contributed by atoms with E-state index in [4.69, 9.17) is 0 Å². The summed E-state index contributed by atoms with van der Waals surface area (Å²) < 4.78 is 0. The van der Waals surface area contributed by atoms with Crippen LogP contribution in [0.25, 0.3) is 10.8 Å². The highest BCUT2D eigenvalue weighted by Gasteiger charge is 2.17. The molecule has 0 saturated heterocycles. The maximum absolute atomic E-state index is 13.0. The predicted octanol–water partition coefficient (Wildman–Crippen LogP) is 3.64. The summed E-state index contributed by atoms with van der Waals surface area (Å²) in [6.45, 7) is 4.65. The minimum absolute atomic E-state index is 0.145. The molecule has 0 spiro atoms. The number of hydrogen-bond acceptors (Lipinski definition) is 2. The molecule has 0 aliphatic heterocycles. The van der Waals surface area contributed by atoms with Gasteiger partial charge in [-0.15, -0.1) is 0 Å². The molecule has 2 aromatic carbocycles. The molecule has 0 heterocycles. The molecule has 3 heteroatoms. The molecule has 3 nitrogen and oxygen atoms in total. The first-order valence-corrected chi connectivity index (χ1v) is 8.05. The van der Waals surface area contributed by atoms with Crippen molar-refractivity contribution in [1.82, 2.24) is 9.80 Å². The average Bonchev–Trinajstić information content (AvgIpc) is 2.53. The Morgan fingerprint density at radius 1 is 0.955 bits per heavy atom. The van der Waals surface area contributed by atoms with E-state index in [1.54, 1.807) is 0 Å². The zero-order chi connectivity index (χ0) is 15.9. The lowest BCUT2D eigenvalue weighted by atomic mass is 10.0. The first-order valence-electron chi connectivity index (χ1n) is 8.05. The van der Waals surface area contributed by atoms with Crippen LogP contribution in [0, 0.1) is 0 Å². The van der Waals surface area contributed by atoms with Gasteiger partial charge in [0.05, 0.1) is 0 Å². The molecule has 22 heavy (non-hydrogen) atoms. The van der Waals surface area contributed by atoms with Crippen molar-refractivity contribution in [3.8, 4) is 0 Å². The maximum atomic E-state index is 13.0. The second kappa shape index (κ2) is 7.95. The van der Waals surface area contributed by atoms with E-state index in [0.717, 1.165) is 48.8 Å². The standard InChI is InChI=1S/C19H26N2O/c1-4-5-13-21(15-14-20(2)3)19(22)18-12-8-10-16-9-6-7-11-17(16)18/h6-12H,4-5,13-15H2,1-3H3. The Balaban J connectivity index is 2.27. The molecule has 0 saturated carbocycles. The van der Waals surface area contributed by atoms with Crippen LogP contribution in [0.15, 0.2) is 42.5 Å². The van der Waals surface area contributed by atoms with E-state index in [1.165, 1.54) is 0 Å². The van der Waals surface area contributed by atoms with Gasteiger partial charge in [-0.25, -0.2) is 0 Å². The summed E-state index contributed by atoms with van der Waals surface area (Å²) in [6, 6.07) is 14.1. The lowest BCUT2D eigenvalue weighted by molar-refractivity contribution is 0.0744. The number of rotatable bonds is 7. The number of fused-ring (bicyclic) bond motifs is 1. The number of hydrogen-bond donors (Lipinski definition) is 0. The first-order chi connectivity index (χ1) is 10.6. The van der Waals surface area contributed by atoms with Crippen LogP contribution in [0.1, 0.15) is 30.1 Å². The topological polar surface area (TPSA) is 23.6 Å². The van der Waals surface area contributed by atoms with E-state index in [9.17, 15) is 4.79 Å². The molecular formula is C19H26N2O. The Labute approximate surface area is 133 Å². The van der Waals surface area contributed by atoms with Gasteiger partial charge in [0.25, 0.3) is 5.91 Å². The molecule has 0 unspecified atom stereocenters. The minimum Gasteiger partial charge on any atom is -0.337 e. The van der Waals surface area contributed by atoms with Crippen molar-refractivity contribution in [3.63, 3.8) is 0 Å². The quantitative estimate of drug-likeness (QED) is 0.779. The second-order valence-electron chi connectivity index (χ2n) is 5.98. The molecule has 118 valence electrons. The Morgan fingerprint density at radius 3 is 2.41 bits per heavy atom. The highest BCUT2D eigenvalue weighted by molar-refractivity contribution is 6.07. The lowest BCUT2D eigenvalue weighted by Gasteiger charge is -2.25. The highest BCUT2D eigenvalue weighted by atomic mass is 16.2. The Morgan fingerprint density at radius 2 is 1.68 bits per heavy atom. The highest BCUT2D eigenvalue weighted by Crippen LogP contribution is 2.20. The molecule has 0 N–H and O–H groups in total. The fourth-order valence-corrected chi connectivity index (χ4v) is 2.57. The Bertz CT molecular complexity index is 616. The monoisotopic (exact) mass is 298 g/mol. The third kappa shape index (κ3) is 4.08. The van der Waals surface area contributed by atoms with Crippen LogP contribution >= 0.6 is 0 Å². The van der Waals surface area contributed by atoms with Gasteiger partial charge in [0.1, 0.15) is 0 Å². The van der Waals surface area contributed by atoms with Gasteiger partial charge in [-0.2, -0.15) is 0 Å². The normalized spacial score (nSPS) is 11.1. The zero-order valence-electron chi connectivity index (χ0n) is 13.9. The number of nitrogens with zero attached hydrogens (tertiary/aromatic N) is 2. The number of likely N-dealkylation sites (N-methyl/N-ethyl adjacent to an activating group) is 1. The van der Waals surface area contributed by atoms with Gasteiger partial charge < -0.3 is 9.80 Å². The molecule has 0 bridgehead atoms. The van der Waals surface area contributed by atoms with Gasteiger partial charge in [0.15, 0.2) is 0 Å². The average molecular weight is 298 g/mol. The largest absolute Gasteiger partial charge is 0.337 e. The first kappa shape index (κ1) is 16.5. The molecule has 0 aliphatic carbocycles. The zero-order valence-corrected chi connectivity index (χ0v) is 13.9. The second-order valence-corrected chi connectivity index (χ2v) is 5.98. The summed E-state index contributed by atoms with van der Waals surface area (Å²) in [4.78, 5) is 17.1. The van der Waals surface area contributed by atoms with E-state index in [-0.39, 0.29) is 5.91 Å². The van der Waals surface area contributed by atoms with Gasteiger partial charge in [-0.05, 0) is 37.4 Å². The van der Waals surface area contributed by atoms with Crippen LogP contribution in [-0.4, -0.2) is 49.4 Å². The lowest BCUT2D eigenvalue weighted by Crippen LogP contribution is -2.37. The van der Waals surface area contributed by atoms with Crippen molar-refractivity contribution in [2.45, 2.75) is 19.8 Å². The Kier molecular flexibility index (Phi) is 5.96. The molecule has 0 aromatic heterocycles. The number of carbonyl (C=O) groups is 1. The molecule has 0 aliphatic rings. The van der Waals surface area contributed by atoms with Crippen LogP contribution in [0.5, 0.6) is 0 Å². The van der Waals surface area contributed by atoms with Gasteiger partial charge in [0, 0.05) is 25.2 Å². The van der Waals surface area contributed by atoms with Crippen molar-refractivity contribution >= 4 is 16.7 Å². The summed E-state index contributed by atoms with van der Waals surface area (Å²) in [7, 11) is 4.08. The van der Waals surface area contributed by atoms with Crippen LogP contribution in [0.4, 0.5) is 0 Å². The molecule has 2 rings (SSSR count). The van der Waals surface area contributed by atoms with Gasteiger partial charge in [-0.1, -0.05) is 49.7 Å². The minimum atomic E-state index is 0.145. The number of benzene rings is 2. The fraction of sp³-hybridized carbons (Fsp3) is 0.421. The van der Waals surface area contributed by atoms with Crippen LogP contribution in [0.2, 0.25) is 0 Å². The fourth-order valence-electron chi connectivity index (χ4n) is 2.57. The summed E-state index contributed by atoms with van der Waals surface area (Å²) in [5.74, 6) is 0.145. The van der Waals surface area contributed by atoms with E-state index < -0.39 is 0 Å². The molecular weight excluding hydrogens is 272 g/mol. The van der Waals surface area contributed by atoms with Crippen molar-refractivity contribution in [1.29, 1.82) is 0 Å². The van der Waals surface area contributed by atoms with E-state index in [0.29, 0.717) is 0 Å². The van der Waals surface area contributed by atoms with E-state index in [1.807, 2.05) is 49.3 Å². The van der Waals surface area contributed by atoms with Crippen molar-refractivity contribution in [2.24, 2.45) is 0 Å². The third-order valence-corrected chi connectivity index (χ3v) is 3.91.